The Morgan fingerprint density at radius 2 is 0.643 bits per heavy atom. The highest BCUT2D eigenvalue weighted by atomic mass is 31.2. The maximum atomic E-state index is 13.1. The molecule has 0 heterocycles. The molecule has 0 aliphatic rings. The van der Waals surface area contributed by atoms with E-state index in [4.69, 9.17) is 37.0 Å². The molecule has 0 aromatic carbocycles. The van der Waals surface area contributed by atoms with Crippen LogP contribution in [-0.4, -0.2) is 111 Å². The molecule has 98 heavy (non-hydrogen) atoms. The van der Waals surface area contributed by atoms with E-state index in [0.29, 0.717) is 38.9 Å². The fraction of sp³-hybridized carbons (Fsp3) is 0.797. The number of phosphoric acid groups is 2. The smallest absolute Gasteiger partial charge is 0.462 e. The number of rotatable bonds is 78. The van der Waals surface area contributed by atoms with Crippen LogP contribution in [0.25, 0.3) is 0 Å². The van der Waals surface area contributed by atoms with Gasteiger partial charge in [0.1, 0.15) is 31.4 Å². The first-order chi connectivity index (χ1) is 47.9. The van der Waals surface area contributed by atoms with Crippen molar-refractivity contribution in [2.75, 3.05) is 52.9 Å². The molecule has 570 valence electrons. The van der Waals surface area contributed by atoms with Crippen molar-refractivity contribution < 1.29 is 80.2 Å². The molecule has 0 saturated carbocycles. The summed E-state index contributed by atoms with van der Waals surface area (Å²) in [5.74, 6) is -1.06. The zero-order chi connectivity index (χ0) is 71.5. The Morgan fingerprint density at radius 3 is 1.03 bits per heavy atom. The molecule has 17 nitrogen and oxygen atoms in total. The fourth-order valence-electron chi connectivity index (χ4n) is 10.6. The van der Waals surface area contributed by atoms with Gasteiger partial charge >= 0.3 is 27.6 Å². The predicted octanol–water partition coefficient (Wildman–Crippen LogP) is 21.8. The minimum absolute atomic E-state index is 0.0990. The molecule has 0 spiro atoms. The molecule has 5 atom stereocenters. The number of aliphatic hydroxyl groups excluding tert-OH is 1. The quantitative estimate of drug-likeness (QED) is 0.0169. The highest BCUT2D eigenvalue weighted by molar-refractivity contribution is 7.47. The second-order valence-corrected chi connectivity index (χ2v) is 29.1. The summed E-state index contributed by atoms with van der Waals surface area (Å²) in [6.45, 7) is 2.45. The van der Waals surface area contributed by atoms with E-state index < -0.39 is 72.3 Å². The van der Waals surface area contributed by atoms with E-state index >= 15 is 0 Å². The van der Waals surface area contributed by atoms with E-state index in [1.807, 2.05) is 0 Å². The topological polar surface area (TPSA) is 237 Å². The van der Waals surface area contributed by atoms with Crippen LogP contribution in [0.3, 0.4) is 0 Å². The Kier molecular flexibility index (Phi) is 72.6. The average molecular weight is 1430 g/mol. The van der Waals surface area contributed by atoms with Crippen LogP contribution >= 0.6 is 15.6 Å². The second kappa shape index (κ2) is 75.0. The van der Waals surface area contributed by atoms with Gasteiger partial charge < -0.3 is 43.4 Å². The van der Waals surface area contributed by atoms with Crippen molar-refractivity contribution in [3.05, 3.63) is 72.9 Å². The molecule has 2 unspecified atom stereocenters. The van der Waals surface area contributed by atoms with E-state index in [-0.39, 0.29) is 26.1 Å². The van der Waals surface area contributed by atoms with Crippen LogP contribution < -0.4 is 0 Å². The fourth-order valence-corrected chi connectivity index (χ4v) is 12.2. The summed E-state index contributed by atoms with van der Waals surface area (Å²) in [5.41, 5.74) is 0. The van der Waals surface area contributed by atoms with Crippen LogP contribution in [0.15, 0.2) is 72.9 Å². The van der Waals surface area contributed by atoms with E-state index in [9.17, 15) is 43.2 Å². The lowest BCUT2D eigenvalue weighted by molar-refractivity contribution is -0.161. The molecule has 0 fully saturated rings. The van der Waals surface area contributed by atoms with Crippen molar-refractivity contribution in [3.63, 3.8) is 0 Å². The number of aliphatic hydroxyl groups is 1. The molecule has 0 bridgehead atoms. The highest BCUT2D eigenvalue weighted by Gasteiger charge is 2.30. The minimum atomic E-state index is -4.92. The lowest BCUT2D eigenvalue weighted by Gasteiger charge is -2.21. The molecule has 0 aromatic rings. The number of ether oxygens (including phenoxy) is 4. The molecule has 0 saturated heterocycles. The normalized spacial score (nSPS) is 14.4. The standard InChI is InChI=1S/C79H142O17P2/c1-3-5-7-9-11-13-15-17-21-27-33-39-45-51-57-63-78(83)91-72-77(96-79(84)64-58-52-46-40-34-28-22-18-16-14-12-10-8-6-4-2)74-95-98(87,88)93-70-75(82)69-92-97(85,86)94-73-76(90-68-62-56-50-44-38-32-26-24-30-36-42-48-54-60-66-81)71-89-67-61-55-49-43-37-31-25-20-19-23-29-35-41-47-53-59-65-80/h11-14,17-19,21-24,26,65-66,75-77,82H,3-10,15-16,20,25,27-64,67-74H2,1-2H3,(H,85,86)(H,87,88)/b13-11-,14-12-,21-17-,22-18-,23-19-,26-24-/t75-,76+,77+/m0/s1. The zero-order valence-electron chi connectivity index (χ0n) is 61.8. The minimum Gasteiger partial charge on any atom is -0.462 e. The number of esters is 2. The van der Waals surface area contributed by atoms with Gasteiger partial charge in [0.25, 0.3) is 0 Å². The zero-order valence-corrected chi connectivity index (χ0v) is 63.6. The highest BCUT2D eigenvalue weighted by Crippen LogP contribution is 2.45. The van der Waals surface area contributed by atoms with Gasteiger partial charge in [-0.3, -0.25) is 27.7 Å². The molecule has 0 aliphatic heterocycles. The van der Waals surface area contributed by atoms with Crippen molar-refractivity contribution in [3.8, 4) is 0 Å². The summed E-state index contributed by atoms with van der Waals surface area (Å²) in [6.07, 6.45) is 75.7. The molecule has 0 radical (unpaired) electrons. The summed E-state index contributed by atoms with van der Waals surface area (Å²) >= 11 is 0. The van der Waals surface area contributed by atoms with Gasteiger partial charge in [-0.1, -0.05) is 228 Å². The monoisotopic (exact) mass is 1420 g/mol. The largest absolute Gasteiger partial charge is 0.472 e. The molecule has 0 amide bonds. The van der Waals surface area contributed by atoms with Gasteiger partial charge in [-0.25, -0.2) is 9.13 Å². The number of phosphoric ester groups is 2. The maximum Gasteiger partial charge on any atom is 0.472 e. The van der Waals surface area contributed by atoms with Gasteiger partial charge in [-0.2, -0.15) is 0 Å². The summed E-state index contributed by atoms with van der Waals surface area (Å²) in [4.78, 5) is 68.0. The van der Waals surface area contributed by atoms with Gasteiger partial charge in [-0.15, -0.1) is 0 Å². The molecular weight excluding hydrogens is 1280 g/mol. The number of carbonyl (C=O) groups is 4. The van der Waals surface area contributed by atoms with Gasteiger partial charge in [-0.05, 0) is 154 Å². The Balaban J connectivity index is 5.22. The molecule has 19 heteroatoms. The third kappa shape index (κ3) is 74.0. The van der Waals surface area contributed by atoms with Crippen molar-refractivity contribution in [1.82, 2.24) is 0 Å². The number of hydrogen-bond donors (Lipinski definition) is 3. The summed E-state index contributed by atoms with van der Waals surface area (Å²) in [5, 5.41) is 10.6. The lowest BCUT2D eigenvalue weighted by atomic mass is 10.1. The third-order valence-corrected chi connectivity index (χ3v) is 18.6. The molecule has 3 N–H and O–H groups in total. The summed E-state index contributed by atoms with van der Waals surface area (Å²) < 4.78 is 69.9. The molecule has 0 rings (SSSR count). The SMILES string of the molecule is CCCCC/C=C\C/C=C\CCCCCCCC(=O)OC[C@H](COP(=O)(O)OC[C@@H](O)COP(=O)(O)OC[C@@H](COCCCCCCCCC/C=C\CCCCCCC=O)OCCCCCCC/C=C\CCCCCCC=O)OC(=O)CCCCCCC/C=C\C/C=C\CCCCC. The first-order valence-electron chi connectivity index (χ1n) is 39.1. The second-order valence-electron chi connectivity index (χ2n) is 26.2. The third-order valence-electron chi connectivity index (χ3n) is 16.6. The van der Waals surface area contributed by atoms with Crippen LogP contribution in [0, 0.1) is 0 Å². The van der Waals surface area contributed by atoms with Crippen LogP contribution in [0.5, 0.6) is 0 Å². The number of carbonyl (C=O) groups excluding carboxylic acids is 4. The average Bonchev–Trinajstić information content (AvgIpc) is 1.12. The molecule has 0 aromatic heterocycles. The first kappa shape index (κ1) is 94.8. The van der Waals surface area contributed by atoms with E-state index in [2.05, 4.69) is 86.8 Å². The first-order valence-corrected chi connectivity index (χ1v) is 42.1. The molecular formula is C79H142O17P2. The molecule has 0 aliphatic carbocycles. The van der Waals surface area contributed by atoms with Crippen molar-refractivity contribution in [2.24, 2.45) is 0 Å². The lowest BCUT2D eigenvalue weighted by Crippen LogP contribution is -2.30. The van der Waals surface area contributed by atoms with Gasteiger partial charge in [0.05, 0.1) is 33.0 Å². The Morgan fingerprint density at radius 1 is 0.337 bits per heavy atom. The maximum absolute atomic E-state index is 13.1. The van der Waals surface area contributed by atoms with Gasteiger partial charge in [0, 0.05) is 38.9 Å². The predicted molar refractivity (Wildman–Crippen MR) is 400 cm³/mol. The van der Waals surface area contributed by atoms with Crippen LogP contribution in [0.2, 0.25) is 0 Å². The Bertz CT molecular complexity index is 2080. The number of aldehydes is 2. The number of unbranched alkanes of at least 4 members (excludes halogenated alkanes) is 38. The Hall–Kier alpha value is -3.18. The van der Waals surface area contributed by atoms with E-state index in [0.717, 1.165) is 218 Å². The van der Waals surface area contributed by atoms with Crippen LogP contribution in [0.1, 0.15) is 335 Å². The summed E-state index contributed by atoms with van der Waals surface area (Å²) in [6, 6.07) is 0. The van der Waals surface area contributed by atoms with Gasteiger partial charge in [0.2, 0.25) is 0 Å². The summed E-state index contributed by atoms with van der Waals surface area (Å²) in [7, 11) is -9.69. The van der Waals surface area contributed by atoms with Crippen LogP contribution in [0.4, 0.5) is 0 Å². The van der Waals surface area contributed by atoms with Crippen molar-refractivity contribution in [1.29, 1.82) is 0 Å². The number of allylic oxidation sites excluding steroid dienone is 12. The van der Waals surface area contributed by atoms with Crippen LogP contribution in [-0.2, 0) is 65.4 Å². The Labute approximate surface area is 596 Å². The van der Waals surface area contributed by atoms with E-state index in [1.54, 1.807) is 0 Å². The number of hydrogen-bond acceptors (Lipinski definition) is 15. The van der Waals surface area contributed by atoms with Crippen molar-refractivity contribution >= 4 is 40.2 Å². The van der Waals surface area contributed by atoms with E-state index in [1.165, 1.54) is 77.0 Å². The van der Waals surface area contributed by atoms with Gasteiger partial charge in [0.15, 0.2) is 6.10 Å². The van der Waals surface area contributed by atoms with Crippen molar-refractivity contribution in [2.45, 2.75) is 353 Å².